The largest absolute Gasteiger partial charge is 0.393 e. The first-order valence-corrected chi connectivity index (χ1v) is 7.34. The summed E-state index contributed by atoms with van der Waals surface area (Å²) in [7, 11) is 0. The summed E-state index contributed by atoms with van der Waals surface area (Å²) in [5, 5.41) is 13.2. The Balaban J connectivity index is 2.51. The Bertz CT molecular complexity index is 215. The van der Waals surface area contributed by atoms with Gasteiger partial charge in [0.25, 0.3) is 0 Å². The van der Waals surface area contributed by atoms with Gasteiger partial charge < -0.3 is 10.4 Å². The summed E-state index contributed by atoms with van der Waals surface area (Å²) in [5.41, 5.74) is 0. The van der Waals surface area contributed by atoms with Gasteiger partial charge in [0, 0.05) is 12.1 Å². The van der Waals surface area contributed by atoms with E-state index >= 15 is 0 Å². The maximum absolute atomic E-state index is 9.44. The molecular formula is C15H31NO. The average Bonchev–Trinajstić information content (AvgIpc) is 2.15. The molecule has 0 aromatic rings. The van der Waals surface area contributed by atoms with Crippen molar-refractivity contribution in [2.75, 3.05) is 0 Å². The number of aliphatic hydroxyl groups is 1. The van der Waals surface area contributed by atoms with Gasteiger partial charge in [-0.05, 0) is 50.9 Å². The Morgan fingerprint density at radius 3 is 2.35 bits per heavy atom. The first-order chi connectivity index (χ1) is 7.90. The smallest absolute Gasteiger partial charge is 0.0526 e. The lowest BCUT2D eigenvalue weighted by Gasteiger charge is -2.39. The topological polar surface area (TPSA) is 32.3 Å². The molecule has 0 aromatic carbocycles. The van der Waals surface area contributed by atoms with Crippen LogP contribution in [-0.2, 0) is 0 Å². The minimum atomic E-state index is -0.198. The van der Waals surface area contributed by atoms with Crippen LogP contribution in [0.3, 0.4) is 0 Å². The van der Waals surface area contributed by atoms with Gasteiger partial charge in [-0.2, -0.15) is 0 Å². The zero-order chi connectivity index (χ0) is 13.0. The fourth-order valence-electron chi connectivity index (χ4n) is 3.34. The third-order valence-corrected chi connectivity index (χ3v) is 4.22. The molecule has 0 amide bonds. The Morgan fingerprint density at radius 1 is 1.18 bits per heavy atom. The van der Waals surface area contributed by atoms with E-state index < -0.39 is 0 Å². The molecule has 2 N–H and O–H groups in total. The summed E-state index contributed by atoms with van der Waals surface area (Å²) >= 11 is 0. The molecule has 0 saturated heterocycles. The quantitative estimate of drug-likeness (QED) is 0.775. The van der Waals surface area contributed by atoms with E-state index in [1.165, 1.54) is 19.3 Å². The Morgan fingerprint density at radius 2 is 1.82 bits per heavy atom. The van der Waals surface area contributed by atoms with Crippen LogP contribution in [0, 0.1) is 17.8 Å². The molecule has 102 valence electrons. The first kappa shape index (κ1) is 15.0. The van der Waals surface area contributed by atoms with Gasteiger partial charge in [0.2, 0.25) is 0 Å². The molecule has 0 spiro atoms. The van der Waals surface area contributed by atoms with E-state index in [1.807, 2.05) is 6.92 Å². The molecule has 1 fully saturated rings. The van der Waals surface area contributed by atoms with E-state index in [0.29, 0.717) is 12.1 Å². The van der Waals surface area contributed by atoms with Gasteiger partial charge in [0.05, 0.1) is 6.10 Å². The van der Waals surface area contributed by atoms with Gasteiger partial charge in [-0.15, -0.1) is 0 Å². The standard InChI is InChI=1S/C15H31NO/c1-10(2)14-7-6-11(3)8-15(14)16-12(4)9-13(5)17/h10-17H,6-9H2,1-5H3. The third-order valence-electron chi connectivity index (χ3n) is 4.22. The normalized spacial score (nSPS) is 33.7. The van der Waals surface area contributed by atoms with Crippen LogP contribution >= 0.6 is 0 Å². The zero-order valence-corrected chi connectivity index (χ0v) is 12.2. The van der Waals surface area contributed by atoms with Crippen molar-refractivity contribution in [1.29, 1.82) is 0 Å². The first-order valence-electron chi connectivity index (χ1n) is 7.34. The Hall–Kier alpha value is -0.0800. The maximum Gasteiger partial charge on any atom is 0.0526 e. The molecular weight excluding hydrogens is 210 g/mol. The summed E-state index contributed by atoms with van der Waals surface area (Å²) in [4.78, 5) is 0. The van der Waals surface area contributed by atoms with E-state index in [9.17, 15) is 5.11 Å². The van der Waals surface area contributed by atoms with Crippen molar-refractivity contribution in [2.24, 2.45) is 17.8 Å². The monoisotopic (exact) mass is 241 g/mol. The van der Waals surface area contributed by atoms with Gasteiger partial charge in [-0.3, -0.25) is 0 Å². The van der Waals surface area contributed by atoms with Crippen LogP contribution in [0.1, 0.15) is 60.3 Å². The molecule has 0 bridgehead atoms. The second-order valence-electron chi connectivity index (χ2n) is 6.59. The molecule has 0 heterocycles. The molecule has 0 radical (unpaired) electrons. The second kappa shape index (κ2) is 6.75. The van der Waals surface area contributed by atoms with Crippen LogP contribution in [0.25, 0.3) is 0 Å². The second-order valence-corrected chi connectivity index (χ2v) is 6.59. The lowest BCUT2D eigenvalue weighted by molar-refractivity contribution is 0.134. The predicted octanol–water partition coefficient (Wildman–Crippen LogP) is 3.20. The summed E-state index contributed by atoms with van der Waals surface area (Å²) in [6.07, 6.45) is 4.70. The van der Waals surface area contributed by atoms with Crippen molar-refractivity contribution in [3.8, 4) is 0 Å². The molecule has 2 nitrogen and oxygen atoms in total. The van der Waals surface area contributed by atoms with Crippen molar-refractivity contribution in [3.05, 3.63) is 0 Å². The van der Waals surface area contributed by atoms with Gasteiger partial charge in [-0.25, -0.2) is 0 Å². The van der Waals surface area contributed by atoms with Crippen LogP contribution in [0.4, 0.5) is 0 Å². The van der Waals surface area contributed by atoms with Crippen LogP contribution in [-0.4, -0.2) is 23.3 Å². The number of nitrogens with one attached hydrogen (secondary N) is 1. The minimum absolute atomic E-state index is 0.198. The highest BCUT2D eigenvalue weighted by Crippen LogP contribution is 2.33. The number of rotatable bonds is 5. The number of hydrogen-bond acceptors (Lipinski definition) is 2. The summed E-state index contributed by atoms with van der Waals surface area (Å²) < 4.78 is 0. The van der Waals surface area contributed by atoms with Crippen LogP contribution in [0.15, 0.2) is 0 Å². The SMILES string of the molecule is CC(O)CC(C)NC1CC(C)CCC1C(C)C. The highest BCUT2D eigenvalue weighted by molar-refractivity contribution is 4.87. The molecule has 0 aromatic heterocycles. The van der Waals surface area contributed by atoms with Crippen molar-refractivity contribution < 1.29 is 5.11 Å². The van der Waals surface area contributed by atoms with Crippen molar-refractivity contribution >= 4 is 0 Å². The van der Waals surface area contributed by atoms with Gasteiger partial charge in [0.1, 0.15) is 0 Å². The predicted molar refractivity (Wildman–Crippen MR) is 74.0 cm³/mol. The van der Waals surface area contributed by atoms with Crippen LogP contribution in [0.2, 0.25) is 0 Å². The van der Waals surface area contributed by atoms with E-state index in [1.54, 1.807) is 0 Å². The fraction of sp³-hybridized carbons (Fsp3) is 1.00. The molecule has 0 aliphatic heterocycles. The molecule has 2 heteroatoms. The average molecular weight is 241 g/mol. The lowest BCUT2D eigenvalue weighted by atomic mass is 9.74. The molecule has 1 saturated carbocycles. The minimum Gasteiger partial charge on any atom is -0.393 e. The molecule has 1 aliphatic rings. The fourth-order valence-corrected chi connectivity index (χ4v) is 3.34. The van der Waals surface area contributed by atoms with E-state index in [-0.39, 0.29) is 6.10 Å². The highest BCUT2D eigenvalue weighted by atomic mass is 16.3. The summed E-state index contributed by atoms with van der Waals surface area (Å²) in [6.45, 7) is 11.1. The van der Waals surface area contributed by atoms with Crippen molar-refractivity contribution in [2.45, 2.75) is 78.5 Å². The molecule has 1 aliphatic carbocycles. The summed E-state index contributed by atoms with van der Waals surface area (Å²) in [5.74, 6) is 2.42. The van der Waals surface area contributed by atoms with Gasteiger partial charge in [-0.1, -0.05) is 27.2 Å². The molecule has 17 heavy (non-hydrogen) atoms. The number of aliphatic hydroxyl groups excluding tert-OH is 1. The molecule has 5 atom stereocenters. The zero-order valence-electron chi connectivity index (χ0n) is 12.2. The van der Waals surface area contributed by atoms with E-state index in [0.717, 1.165) is 24.2 Å². The van der Waals surface area contributed by atoms with Gasteiger partial charge in [0.15, 0.2) is 0 Å². The van der Waals surface area contributed by atoms with Crippen LogP contribution in [0.5, 0.6) is 0 Å². The summed E-state index contributed by atoms with van der Waals surface area (Å²) in [6, 6.07) is 1.07. The molecule has 5 unspecified atom stereocenters. The van der Waals surface area contributed by atoms with Crippen molar-refractivity contribution in [3.63, 3.8) is 0 Å². The van der Waals surface area contributed by atoms with E-state index in [4.69, 9.17) is 0 Å². The number of hydrogen-bond donors (Lipinski definition) is 2. The van der Waals surface area contributed by atoms with Crippen LogP contribution < -0.4 is 5.32 Å². The lowest BCUT2D eigenvalue weighted by Crippen LogP contribution is -2.47. The Kier molecular flexibility index (Phi) is 5.94. The highest BCUT2D eigenvalue weighted by Gasteiger charge is 2.31. The molecule has 1 rings (SSSR count). The maximum atomic E-state index is 9.44. The Labute approximate surface area is 107 Å². The van der Waals surface area contributed by atoms with Crippen molar-refractivity contribution in [1.82, 2.24) is 5.32 Å². The van der Waals surface area contributed by atoms with Gasteiger partial charge >= 0.3 is 0 Å². The van der Waals surface area contributed by atoms with E-state index in [2.05, 4.69) is 33.0 Å². The third kappa shape index (κ3) is 4.97.